The van der Waals surface area contributed by atoms with E-state index < -0.39 is 0 Å². The van der Waals surface area contributed by atoms with E-state index >= 15 is 0 Å². The fourth-order valence-electron chi connectivity index (χ4n) is 4.10. The predicted molar refractivity (Wildman–Crippen MR) is 81.2 cm³/mol. The molecule has 2 saturated carbocycles. The molecule has 1 spiro atoms. The molecule has 0 radical (unpaired) electrons. The van der Waals surface area contributed by atoms with Crippen LogP contribution in [-0.2, 0) is 0 Å². The third-order valence-electron chi connectivity index (χ3n) is 5.58. The minimum Gasteiger partial charge on any atom is -0.378 e. The molecule has 0 atom stereocenters. The lowest BCUT2D eigenvalue weighted by atomic mass is 9.66. The molecule has 3 rings (SSSR count). The summed E-state index contributed by atoms with van der Waals surface area (Å²) >= 11 is 0. The van der Waals surface area contributed by atoms with Gasteiger partial charge in [0.1, 0.15) is 5.82 Å². The standard InChI is InChI=1S/C17H25FN2/c18-14-3-5-15(6-4-14)20-17(13-19)11-9-16(10-12-17)7-1-2-8-16/h3-6,20H,1-2,7-13,19H2. The molecule has 3 N–H and O–H groups in total. The molecule has 0 aliphatic heterocycles. The summed E-state index contributed by atoms with van der Waals surface area (Å²) in [5.74, 6) is -0.189. The quantitative estimate of drug-likeness (QED) is 0.873. The van der Waals surface area contributed by atoms with Crippen molar-refractivity contribution in [3.8, 4) is 0 Å². The fourth-order valence-corrected chi connectivity index (χ4v) is 4.10. The summed E-state index contributed by atoms with van der Waals surface area (Å²) in [7, 11) is 0. The molecule has 2 fully saturated rings. The fraction of sp³-hybridized carbons (Fsp3) is 0.647. The second-order valence-electron chi connectivity index (χ2n) is 6.82. The molecule has 0 aromatic heterocycles. The summed E-state index contributed by atoms with van der Waals surface area (Å²) in [6.07, 6.45) is 10.5. The first-order chi connectivity index (χ1) is 9.65. The van der Waals surface area contributed by atoms with Crippen molar-refractivity contribution >= 4 is 5.69 Å². The first-order valence-corrected chi connectivity index (χ1v) is 7.89. The molecular weight excluding hydrogens is 251 g/mol. The van der Waals surface area contributed by atoms with E-state index in [-0.39, 0.29) is 11.4 Å². The smallest absolute Gasteiger partial charge is 0.123 e. The van der Waals surface area contributed by atoms with Crippen molar-refractivity contribution in [2.45, 2.75) is 56.9 Å². The van der Waals surface area contributed by atoms with Crippen LogP contribution < -0.4 is 11.1 Å². The lowest BCUT2D eigenvalue weighted by Gasteiger charge is -2.45. The zero-order valence-electron chi connectivity index (χ0n) is 12.1. The number of nitrogens with two attached hydrogens (primary N) is 1. The Balaban J connectivity index is 1.68. The van der Waals surface area contributed by atoms with Crippen LogP contribution >= 0.6 is 0 Å². The van der Waals surface area contributed by atoms with Gasteiger partial charge in [0.15, 0.2) is 0 Å². The highest BCUT2D eigenvalue weighted by molar-refractivity contribution is 5.46. The Hall–Kier alpha value is -1.09. The Morgan fingerprint density at radius 2 is 1.55 bits per heavy atom. The van der Waals surface area contributed by atoms with Crippen molar-refractivity contribution in [2.24, 2.45) is 11.1 Å². The van der Waals surface area contributed by atoms with Gasteiger partial charge in [0.2, 0.25) is 0 Å². The molecule has 2 aliphatic carbocycles. The summed E-state index contributed by atoms with van der Waals surface area (Å²) in [5.41, 5.74) is 7.67. The Labute approximate surface area is 120 Å². The van der Waals surface area contributed by atoms with Gasteiger partial charge in [-0.15, -0.1) is 0 Å². The van der Waals surface area contributed by atoms with E-state index in [0.29, 0.717) is 12.0 Å². The molecule has 1 aromatic carbocycles. The second kappa shape index (κ2) is 5.36. The molecule has 0 bridgehead atoms. The summed E-state index contributed by atoms with van der Waals surface area (Å²) in [6.45, 7) is 0.653. The summed E-state index contributed by atoms with van der Waals surface area (Å²) in [6, 6.07) is 6.64. The van der Waals surface area contributed by atoms with Crippen molar-refractivity contribution < 1.29 is 4.39 Å². The van der Waals surface area contributed by atoms with Gasteiger partial charge >= 0.3 is 0 Å². The molecule has 0 heterocycles. The number of hydrogen-bond donors (Lipinski definition) is 2. The average Bonchev–Trinajstić information content (AvgIpc) is 2.93. The van der Waals surface area contributed by atoms with E-state index in [1.165, 1.54) is 50.7 Å². The molecular formula is C17H25FN2. The van der Waals surface area contributed by atoms with Crippen molar-refractivity contribution in [3.63, 3.8) is 0 Å². The van der Waals surface area contributed by atoms with E-state index in [9.17, 15) is 4.39 Å². The van der Waals surface area contributed by atoms with Crippen LogP contribution in [0.25, 0.3) is 0 Å². The SMILES string of the molecule is NCC1(Nc2ccc(F)cc2)CCC2(CCCC2)CC1. The van der Waals surface area contributed by atoms with Crippen molar-refractivity contribution in [1.29, 1.82) is 0 Å². The van der Waals surface area contributed by atoms with Crippen LogP contribution in [0.5, 0.6) is 0 Å². The lowest BCUT2D eigenvalue weighted by molar-refractivity contribution is 0.148. The number of nitrogens with one attached hydrogen (secondary N) is 1. The highest BCUT2D eigenvalue weighted by Gasteiger charge is 2.43. The third kappa shape index (κ3) is 2.69. The molecule has 2 aliphatic rings. The van der Waals surface area contributed by atoms with E-state index in [0.717, 1.165) is 18.5 Å². The van der Waals surface area contributed by atoms with Gasteiger partial charge in [-0.1, -0.05) is 12.8 Å². The van der Waals surface area contributed by atoms with Gasteiger partial charge in [-0.3, -0.25) is 0 Å². The van der Waals surface area contributed by atoms with Gasteiger partial charge in [-0.2, -0.15) is 0 Å². The molecule has 0 amide bonds. The second-order valence-corrected chi connectivity index (χ2v) is 6.82. The average molecular weight is 276 g/mol. The van der Waals surface area contributed by atoms with Crippen molar-refractivity contribution in [1.82, 2.24) is 0 Å². The van der Waals surface area contributed by atoms with Gasteiger partial charge in [-0.05, 0) is 68.2 Å². The van der Waals surface area contributed by atoms with Crippen LogP contribution in [0.4, 0.5) is 10.1 Å². The molecule has 1 aromatic rings. The molecule has 2 nitrogen and oxygen atoms in total. The Morgan fingerprint density at radius 3 is 2.10 bits per heavy atom. The third-order valence-corrected chi connectivity index (χ3v) is 5.58. The first-order valence-electron chi connectivity index (χ1n) is 7.89. The van der Waals surface area contributed by atoms with E-state index in [1.54, 1.807) is 0 Å². The van der Waals surface area contributed by atoms with Crippen LogP contribution in [0.3, 0.4) is 0 Å². The van der Waals surface area contributed by atoms with Crippen LogP contribution in [-0.4, -0.2) is 12.1 Å². The maximum Gasteiger partial charge on any atom is 0.123 e. The predicted octanol–water partition coefficient (Wildman–Crippen LogP) is 4.07. The Morgan fingerprint density at radius 1 is 0.950 bits per heavy atom. The number of rotatable bonds is 3. The molecule has 110 valence electrons. The maximum absolute atomic E-state index is 13.0. The lowest BCUT2D eigenvalue weighted by Crippen LogP contribution is -2.49. The normalized spacial score (nSPS) is 23.9. The van der Waals surface area contributed by atoms with Crippen LogP contribution in [0.15, 0.2) is 24.3 Å². The summed E-state index contributed by atoms with van der Waals surface area (Å²) in [4.78, 5) is 0. The Bertz CT molecular complexity index is 439. The van der Waals surface area contributed by atoms with Gasteiger partial charge in [0, 0.05) is 17.8 Å². The molecule has 3 heteroatoms. The Kier molecular flexibility index (Phi) is 3.72. The van der Waals surface area contributed by atoms with Gasteiger partial charge in [0.05, 0.1) is 0 Å². The maximum atomic E-state index is 13.0. The first kappa shape index (κ1) is 13.9. The zero-order chi connectivity index (χ0) is 14.1. The minimum atomic E-state index is -0.189. The van der Waals surface area contributed by atoms with E-state index in [4.69, 9.17) is 5.73 Å². The number of hydrogen-bond acceptors (Lipinski definition) is 2. The van der Waals surface area contributed by atoms with Crippen molar-refractivity contribution in [3.05, 3.63) is 30.1 Å². The number of benzene rings is 1. The molecule has 0 unspecified atom stereocenters. The molecule has 20 heavy (non-hydrogen) atoms. The van der Waals surface area contributed by atoms with Crippen LogP contribution in [0.1, 0.15) is 51.4 Å². The number of halogens is 1. The van der Waals surface area contributed by atoms with Gasteiger partial charge in [0.25, 0.3) is 0 Å². The molecule has 0 saturated heterocycles. The largest absolute Gasteiger partial charge is 0.378 e. The highest BCUT2D eigenvalue weighted by atomic mass is 19.1. The van der Waals surface area contributed by atoms with Gasteiger partial charge < -0.3 is 11.1 Å². The van der Waals surface area contributed by atoms with Gasteiger partial charge in [-0.25, -0.2) is 4.39 Å². The number of anilines is 1. The van der Waals surface area contributed by atoms with Crippen LogP contribution in [0, 0.1) is 11.2 Å². The zero-order valence-corrected chi connectivity index (χ0v) is 12.1. The van der Waals surface area contributed by atoms with Crippen LogP contribution in [0.2, 0.25) is 0 Å². The minimum absolute atomic E-state index is 0.00562. The highest BCUT2D eigenvalue weighted by Crippen LogP contribution is 2.51. The topological polar surface area (TPSA) is 38.0 Å². The van der Waals surface area contributed by atoms with E-state index in [1.807, 2.05) is 12.1 Å². The van der Waals surface area contributed by atoms with E-state index in [2.05, 4.69) is 5.32 Å². The summed E-state index contributed by atoms with van der Waals surface area (Å²) in [5, 5.41) is 3.59. The monoisotopic (exact) mass is 276 g/mol. The summed E-state index contributed by atoms with van der Waals surface area (Å²) < 4.78 is 13.0. The van der Waals surface area contributed by atoms with Crippen molar-refractivity contribution in [2.75, 3.05) is 11.9 Å².